The summed E-state index contributed by atoms with van der Waals surface area (Å²) in [6.07, 6.45) is 8.26. The summed E-state index contributed by atoms with van der Waals surface area (Å²) < 4.78 is 0. The quantitative estimate of drug-likeness (QED) is 0.824. The van der Waals surface area contributed by atoms with Gasteiger partial charge < -0.3 is 15.5 Å². The molecule has 7 nitrogen and oxygen atoms in total. The van der Waals surface area contributed by atoms with Crippen molar-refractivity contribution in [3.63, 3.8) is 0 Å². The number of pyridine rings is 1. The van der Waals surface area contributed by atoms with Crippen LogP contribution in [0.1, 0.15) is 41.6 Å². The second kappa shape index (κ2) is 7.26. The van der Waals surface area contributed by atoms with Crippen LogP contribution in [-0.2, 0) is 4.79 Å². The third kappa shape index (κ3) is 3.95. The van der Waals surface area contributed by atoms with Crippen molar-refractivity contribution in [1.29, 1.82) is 0 Å². The maximum Gasteiger partial charge on any atom is 0.255 e. The predicted molar refractivity (Wildman–Crippen MR) is 104 cm³/mol. The molecule has 2 aromatic heterocycles. The van der Waals surface area contributed by atoms with E-state index in [1.807, 2.05) is 23.3 Å². The van der Waals surface area contributed by atoms with E-state index in [1.165, 1.54) is 11.3 Å². The Labute approximate surface area is 162 Å². The molecule has 27 heavy (non-hydrogen) atoms. The van der Waals surface area contributed by atoms with E-state index >= 15 is 0 Å². The Hall–Kier alpha value is -2.48. The minimum atomic E-state index is -0.720. The van der Waals surface area contributed by atoms with E-state index in [1.54, 1.807) is 18.6 Å². The maximum absolute atomic E-state index is 13.0. The molecule has 0 atom stereocenters. The van der Waals surface area contributed by atoms with Crippen molar-refractivity contribution < 1.29 is 9.59 Å². The number of likely N-dealkylation sites (tertiary alicyclic amines) is 1. The molecule has 0 bridgehead atoms. The Morgan fingerprint density at radius 1 is 1.26 bits per heavy atom. The number of carbonyl (C=O) groups is 2. The first-order valence-corrected chi connectivity index (χ1v) is 10.1. The van der Waals surface area contributed by atoms with Gasteiger partial charge in [-0.1, -0.05) is 0 Å². The molecule has 1 aliphatic carbocycles. The number of nitrogens with zero attached hydrogens (tertiary/aromatic N) is 3. The number of amides is 2. The second-order valence-corrected chi connectivity index (χ2v) is 8.23. The fourth-order valence-electron chi connectivity index (χ4n) is 3.40. The van der Waals surface area contributed by atoms with Crippen LogP contribution in [0.4, 0.5) is 5.13 Å². The second-order valence-electron chi connectivity index (χ2n) is 7.34. The molecular formula is C19H23N5O2S. The molecule has 0 unspecified atom stereocenters. The lowest BCUT2D eigenvalue weighted by atomic mass is 9.86. The molecule has 1 saturated heterocycles. The molecule has 2 aromatic rings. The Bertz CT molecular complexity index is 826. The summed E-state index contributed by atoms with van der Waals surface area (Å²) in [7, 11) is 0. The van der Waals surface area contributed by atoms with Crippen LogP contribution in [-0.4, -0.2) is 51.4 Å². The molecular weight excluding hydrogens is 362 g/mol. The SMILES string of the molecule is Cc1cncc(C(=O)N2CCC(Nc3nccs3)(C(=O)NC3CC3)CC2)c1. The first-order valence-electron chi connectivity index (χ1n) is 9.25. The van der Waals surface area contributed by atoms with Gasteiger partial charge in [0.1, 0.15) is 5.54 Å². The van der Waals surface area contributed by atoms with Gasteiger partial charge in [-0.3, -0.25) is 14.6 Å². The zero-order chi connectivity index (χ0) is 18.9. The highest BCUT2D eigenvalue weighted by Gasteiger charge is 2.44. The summed E-state index contributed by atoms with van der Waals surface area (Å²) in [5, 5.41) is 9.11. The van der Waals surface area contributed by atoms with Crippen LogP contribution in [0.15, 0.2) is 30.0 Å². The number of rotatable bonds is 5. The van der Waals surface area contributed by atoms with Crippen molar-refractivity contribution in [3.05, 3.63) is 41.2 Å². The van der Waals surface area contributed by atoms with Crippen molar-refractivity contribution in [2.75, 3.05) is 18.4 Å². The van der Waals surface area contributed by atoms with Crippen LogP contribution in [0, 0.1) is 6.92 Å². The van der Waals surface area contributed by atoms with Gasteiger partial charge in [0.2, 0.25) is 5.91 Å². The van der Waals surface area contributed by atoms with Crippen LogP contribution < -0.4 is 10.6 Å². The van der Waals surface area contributed by atoms with Gasteiger partial charge in [0.15, 0.2) is 5.13 Å². The largest absolute Gasteiger partial charge is 0.351 e. The molecule has 2 N–H and O–H groups in total. The third-order valence-electron chi connectivity index (χ3n) is 5.15. The average molecular weight is 385 g/mol. The standard InChI is InChI=1S/C19H23N5O2S/c1-13-10-14(12-20-11-13)16(25)24-7-4-19(5-8-24,17(26)22-15-2-3-15)23-18-21-6-9-27-18/h6,9-12,15H,2-5,7-8H2,1H3,(H,21,23)(H,22,26). The number of aromatic nitrogens is 2. The molecule has 2 amide bonds. The van der Waals surface area contributed by atoms with E-state index in [9.17, 15) is 9.59 Å². The number of carbonyl (C=O) groups excluding carboxylic acids is 2. The van der Waals surface area contributed by atoms with Gasteiger partial charge in [0.25, 0.3) is 5.91 Å². The summed E-state index contributed by atoms with van der Waals surface area (Å²) in [5.41, 5.74) is 0.835. The molecule has 1 aliphatic heterocycles. The zero-order valence-electron chi connectivity index (χ0n) is 15.3. The number of hydrogen-bond donors (Lipinski definition) is 2. The van der Waals surface area contributed by atoms with Crippen molar-refractivity contribution >= 4 is 28.3 Å². The van der Waals surface area contributed by atoms with Crippen LogP contribution in [0.3, 0.4) is 0 Å². The Balaban J connectivity index is 1.48. The van der Waals surface area contributed by atoms with Gasteiger partial charge in [0, 0.05) is 43.1 Å². The molecule has 1 saturated carbocycles. The number of nitrogens with one attached hydrogen (secondary N) is 2. The van der Waals surface area contributed by atoms with Crippen molar-refractivity contribution in [2.45, 2.75) is 44.2 Å². The number of anilines is 1. The van der Waals surface area contributed by atoms with E-state index in [0.29, 0.717) is 37.5 Å². The van der Waals surface area contributed by atoms with Crippen molar-refractivity contribution in [3.8, 4) is 0 Å². The van der Waals surface area contributed by atoms with E-state index in [0.717, 1.165) is 23.5 Å². The highest BCUT2D eigenvalue weighted by atomic mass is 32.1. The molecule has 142 valence electrons. The molecule has 4 rings (SSSR count). The van der Waals surface area contributed by atoms with Gasteiger partial charge >= 0.3 is 0 Å². The molecule has 3 heterocycles. The lowest BCUT2D eigenvalue weighted by molar-refractivity contribution is -0.127. The molecule has 8 heteroatoms. The van der Waals surface area contributed by atoms with Gasteiger partial charge in [0.05, 0.1) is 5.56 Å². The first kappa shape index (κ1) is 17.9. The van der Waals surface area contributed by atoms with E-state index in [-0.39, 0.29) is 11.8 Å². The average Bonchev–Trinajstić information content (AvgIpc) is 3.34. The Kier molecular flexibility index (Phi) is 4.82. The lowest BCUT2D eigenvalue weighted by Gasteiger charge is -2.41. The number of aryl methyl sites for hydroxylation is 1. The zero-order valence-corrected chi connectivity index (χ0v) is 16.1. The van der Waals surface area contributed by atoms with E-state index in [2.05, 4.69) is 20.6 Å². The van der Waals surface area contributed by atoms with Crippen molar-refractivity contribution in [1.82, 2.24) is 20.2 Å². The third-order valence-corrected chi connectivity index (χ3v) is 5.84. The van der Waals surface area contributed by atoms with Crippen LogP contribution >= 0.6 is 11.3 Å². The predicted octanol–water partition coefficient (Wildman–Crippen LogP) is 2.21. The minimum absolute atomic E-state index is 0.0181. The summed E-state index contributed by atoms with van der Waals surface area (Å²) in [4.78, 5) is 36.0. The lowest BCUT2D eigenvalue weighted by Crippen LogP contribution is -2.59. The first-order chi connectivity index (χ1) is 13.1. The summed E-state index contributed by atoms with van der Waals surface area (Å²) in [5.74, 6) is -0.0128. The van der Waals surface area contributed by atoms with Gasteiger partial charge in [-0.05, 0) is 44.2 Å². The molecule has 0 aromatic carbocycles. The van der Waals surface area contributed by atoms with Crippen LogP contribution in [0.2, 0.25) is 0 Å². The van der Waals surface area contributed by atoms with Crippen LogP contribution in [0.5, 0.6) is 0 Å². The molecule has 2 fully saturated rings. The number of piperidine rings is 1. The maximum atomic E-state index is 13.0. The van der Waals surface area contributed by atoms with Crippen LogP contribution in [0.25, 0.3) is 0 Å². The summed E-state index contributed by atoms with van der Waals surface area (Å²) >= 11 is 1.48. The summed E-state index contributed by atoms with van der Waals surface area (Å²) in [6.45, 7) is 2.96. The van der Waals surface area contributed by atoms with Gasteiger partial charge in [-0.15, -0.1) is 11.3 Å². The topological polar surface area (TPSA) is 87.2 Å². The highest BCUT2D eigenvalue weighted by Crippen LogP contribution is 2.31. The van der Waals surface area contributed by atoms with E-state index in [4.69, 9.17) is 0 Å². The Morgan fingerprint density at radius 2 is 2.04 bits per heavy atom. The normalized spacial score (nSPS) is 18.8. The molecule has 2 aliphatic rings. The Morgan fingerprint density at radius 3 is 2.67 bits per heavy atom. The smallest absolute Gasteiger partial charge is 0.255 e. The van der Waals surface area contributed by atoms with Crippen molar-refractivity contribution in [2.24, 2.45) is 0 Å². The minimum Gasteiger partial charge on any atom is -0.351 e. The van der Waals surface area contributed by atoms with Gasteiger partial charge in [-0.25, -0.2) is 4.98 Å². The number of thiazole rings is 1. The van der Waals surface area contributed by atoms with Gasteiger partial charge in [-0.2, -0.15) is 0 Å². The van der Waals surface area contributed by atoms with E-state index < -0.39 is 5.54 Å². The monoisotopic (exact) mass is 385 g/mol. The fourth-order valence-corrected chi connectivity index (χ4v) is 4.02. The highest BCUT2D eigenvalue weighted by molar-refractivity contribution is 7.13. The molecule has 0 radical (unpaired) electrons. The fraction of sp³-hybridized carbons (Fsp3) is 0.474. The molecule has 0 spiro atoms. The number of hydrogen-bond acceptors (Lipinski definition) is 6. The summed E-state index contributed by atoms with van der Waals surface area (Å²) in [6, 6.07) is 2.15.